The zero-order valence-electron chi connectivity index (χ0n) is 42.9. The zero-order valence-corrected chi connectivity index (χ0v) is 42.9. The number of amides is 1. The number of esters is 1. The zero-order chi connectivity index (χ0) is 46.7. The number of aliphatic hydroxyl groups excluding tert-OH is 2. The number of hydrogen-bond acceptors (Lipinski definition) is 5. The standard InChI is InChI=1S/C58H109NO5/c1-4-7-10-13-16-19-22-25-28-29-30-33-36-39-42-45-48-51-58(63)64-54(49-46-43-40-37-34-31-26-23-20-17-14-11-8-5-2)52-57(62)59-55(53-60)56(61)50-47-44-41-38-35-32-27-24-21-18-15-12-9-6-3/h8,11,17,20,26,31,54-56,60-61H,4-7,9-10,12-16,18-19,21-25,27-30,32-53H2,1-3H3,(H,59,62)/b11-8+,20-17+,31-26+. The third-order valence-electron chi connectivity index (χ3n) is 13.0. The van der Waals surface area contributed by atoms with E-state index in [9.17, 15) is 19.8 Å². The molecule has 0 heterocycles. The van der Waals surface area contributed by atoms with E-state index in [0.29, 0.717) is 19.3 Å². The van der Waals surface area contributed by atoms with Crippen LogP contribution < -0.4 is 5.32 Å². The van der Waals surface area contributed by atoms with Gasteiger partial charge in [0.25, 0.3) is 0 Å². The van der Waals surface area contributed by atoms with Crippen LogP contribution in [0, 0.1) is 0 Å². The molecule has 0 fully saturated rings. The largest absolute Gasteiger partial charge is 0.462 e. The molecular weight excluding hydrogens is 791 g/mol. The number of nitrogens with one attached hydrogen (secondary N) is 1. The first-order valence-electron chi connectivity index (χ1n) is 28.2. The van der Waals surface area contributed by atoms with Gasteiger partial charge >= 0.3 is 5.97 Å². The minimum atomic E-state index is -0.792. The summed E-state index contributed by atoms with van der Waals surface area (Å²) in [5.41, 5.74) is 0. The average Bonchev–Trinajstić information content (AvgIpc) is 3.29. The molecule has 0 aliphatic rings. The Morgan fingerprint density at radius 2 is 0.844 bits per heavy atom. The molecule has 0 bridgehead atoms. The number of aliphatic hydroxyl groups is 2. The molecule has 3 atom stereocenters. The molecule has 3 unspecified atom stereocenters. The number of allylic oxidation sites excluding steroid dienone is 6. The summed E-state index contributed by atoms with van der Waals surface area (Å²) < 4.78 is 5.95. The summed E-state index contributed by atoms with van der Waals surface area (Å²) in [4.78, 5) is 26.2. The minimum absolute atomic E-state index is 0.0668. The lowest BCUT2D eigenvalue weighted by Crippen LogP contribution is -2.46. The number of hydrogen-bond donors (Lipinski definition) is 3. The van der Waals surface area contributed by atoms with Gasteiger partial charge in [0.1, 0.15) is 6.10 Å². The topological polar surface area (TPSA) is 95.9 Å². The van der Waals surface area contributed by atoms with E-state index in [2.05, 4.69) is 62.5 Å². The highest BCUT2D eigenvalue weighted by atomic mass is 16.5. The Hall–Kier alpha value is -1.92. The fourth-order valence-electron chi connectivity index (χ4n) is 8.74. The first-order chi connectivity index (χ1) is 31.5. The van der Waals surface area contributed by atoms with Gasteiger partial charge in [-0.3, -0.25) is 9.59 Å². The highest BCUT2D eigenvalue weighted by molar-refractivity contribution is 5.77. The smallest absolute Gasteiger partial charge is 0.306 e. The SMILES string of the molecule is CC/C=C/C/C=C/C/C=C/CCCCCCC(CC(=O)NC(CO)C(O)CCCCCCCCCCCCCCCC)OC(=O)CCCCCCCCCCCCCCCCCCC. The van der Waals surface area contributed by atoms with Crippen LogP contribution in [-0.2, 0) is 14.3 Å². The molecule has 0 rings (SSSR count). The molecule has 376 valence electrons. The molecule has 6 nitrogen and oxygen atoms in total. The molecule has 0 aromatic heterocycles. The highest BCUT2D eigenvalue weighted by Gasteiger charge is 2.24. The summed E-state index contributed by atoms with van der Waals surface area (Å²) >= 11 is 0. The van der Waals surface area contributed by atoms with E-state index in [1.807, 2.05) is 0 Å². The molecule has 0 aromatic carbocycles. The van der Waals surface area contributed by atoms with E-state index in [1.54, 1.807) is 0 Å². The maximum Gasteiger partial charge on any atom is 0.306 e. The average molecular weight is 901 g/mol. The molecule has 6 heteroatoms. The Labute approximate surface area is 398 Å². The summed E-state index contributed by atoms with van der Waals surface area (Å²) in [6, 6.07) is -0.706. The van der Waals surface area contributed by atoms with Gasteiger partial charge in [0.15, 0.2) is 0 Å². The van der Waals surface area contributed by atoms with Crippen molar-refractivity contribution in [3.63, 3.8) is 0 Å². The minimum Gasteiger partial charge on any atom is -0.462 e. The van der Waals surface area contributed by atoms with E-state index in [1.165, 1.54) is 161 Å². The number of unbranched alkanes of at least 4 members (excludes halogenated alkanes) is 33. The quantitative estimate of drug-likeness (QED) is 0.0321. The summed E-state index contributed by atoms with van der Waals surface area (Å²) in [6.07, 6.45) is 62.1. The van der Waals surface area contributed by atoms with Crippen molar-refractivity contribution in [2.24, 2.45) is 0 Å². The van der Waals surface area contributed by atoms with E-state index >= 15 is 0 Å². The summed E-state index contributed by atoms with van der Waals surface area (Å²) in [5, 5.41) is 23.8. The van der Waals surface area contributed by atoms with Crippen LogP contribution in [0.25, 0.3) is 0 Å². The second-order valence-corrected chi connectivity index (χ2v) is 19.3. The maximum atomic E-state index is 13.2. The van der Waals surface area contributed by atoms with E-state index in [-0.39, 0.29) is 24.9 Å². The molecule has 0 saturated carbocycles. The predicted octanol–water partition coefficient (Wildman–Crippen LogP) is 17.2. The number of ether oxygens (including phenoxy) is 1. The second-order valence-electron chi connectivity index (χ2n) is 19.3. The molecule has 0 aliphatic carbocycles. The molecule has 64 heavy (non-hydrogen) atoms. The van der Waals surface area contributed by atoms with Crippen LogP contribution in [0.1, 0.15) is 297 Å². The van der Waals surface area contributed by atoms with Crippen molar-refractivity contribution in [2.45, 2.75) is 315 Å². The Bertz CT molecular complexity index is 1060. The molecule has 0 aliphatic heterocycles. The Morgan fingerprint density at radius 1 is 0.469 bits per heavy atom. The first-order valence-corrected chi connectivity index (χ1v) is 28.2. The third kappa shape index (κ3) is 46.6. The molecule has 0 saturated heterocycles. The van der Waals surface area contributed by atoms with Gasteiger partial charge < -0.3 is 20.3 Å². The van der Waals surface area contributed by atoms with Crippen molar-refractivity contribution in [1.29, 1.82) is 0 Å². The van der Waals surface area contributed by atoms with Crippen LogP contribution in [0.4, 0.5) is 0 Å². The van der Waals surface area contributed by atoms with E-state index in [4.69, 9.17) is 4.74 Å². The van der Waals surface area contributed by atoms with Crippen molar-refractivity contribution in [2.75, 3.05) is 6.61 Å². The number of carbonyl (C=O) groups is 2. The van der Waals surface area contributed by atoms with Gasteiger partial charge in [-0.15, -0.1) is 0 Å². The third-order valence-corrected chi connectivity index (χ3v) is 13.0. The Morgan fingerprint density at radius 3 is 1.28 bits per heavy atom. The lowest BCUT2D eigenvalue weighted by Gasteiger charge is -2.24. The number of carbonyl (C=O) groups excluding carboxylic acids is 2. The highest BCUT2D eigenvalue weighted by Crippen LogP contribution is 2.19. The monoisotopic (exact) mass is 900 g/mol. The number of rotatable bonds is 51. The van der Waals surface area contributed by atoms with Crippen LogP contribution >= 0.6 is 0 Å². The van der Waals surface area contributed by atoms with Gasteiger partial charge in [-0.25, -0.2) is 0 Å². The van der Waals surface area contributed by atoms with E-state index < -0.39 is 18.2 Å². The van der Waals surface area contributed by atoms with Gasteiger partial charge in [0, 0.05) is 6.42 Å². The van der Waals surface area contributed by atoms with Gasteiger partial charge in [-0.1, -0.05) is 263 Å². The molecule has 0 spiro atoms. The molecule has 3 N–H and O–H groups in total. The summed E-state index contributed by atoms with van der Waals surface area (Å²) in [5.74, 6) is -0.480. The van der Waals surface area contributed by atoms with Crippen molar-refractivity contribution < 1.29 is 24.5 Å². The summed E-state index contributed by atoms with van der Waals surface area (Å²) in [6.45, 7) is 6.40. The normalized spacial score (nSPS) is 13.4. The fourth-order valence-corrected chi connectivity index (χ4v) is 8.74. The lowest BCUT2D eigenvalue weighted by atomic mass is 10.0. The van der Waals surface area contributed by atoms with Crippen molar-refractivity contribution >= 4 is 11.9 Å². The van der Waals surface area contributed by atoms with Crippen LogP contribution in [0.15, 0.2) is 36.5 Å². The first kappa shape index (κ1) is 62.1. The Balaban J connectivity index is 4.54. The van der Waals surface area contributed by atoms with Crippen LogP contribution in [0.2, 0.25) is 0 Å². The second kappa shape index (κ2) is 52.1. The van der Waals surface area contributed by atoms with Gasteiger partial charge in [0.2, 0.25) is 5.91 Å². The van der Waals surface area contributed by atoms with Gasteiger partial charge in [-0.05, 0) is 57.8 Å². The maximum absolute atomic E-state index is 13.2. The van der Waals surface area contributed by atoms with Gasteiger partial charge in [-0.2, -0.15) is 0 Å². The van der Waals surface area contributed by atoms with Crippen LogP contribution in [-0.4, -0.2) is 46.9 Å². The lowest BCUT2D eigenvalue weighted by molar-refractivity contribution is -0.151. The molecular formula is C58H109NO5. The van der Waals surface area contributed by atoms with E-state index in [0.717, 1.165) is 89.9 Å². The van der Waals surface area contributed by atoms with Gasteiger partial charge in [0.05, 0.1) is 25.2 Å². The van der Waals surface area contributed by atoms with Crippen molar-refractivity contribution in [3.05, 3.63) is 36.5 Å². The molecule has 0 radical (unpaired) electrons. The van der Waals surface area contributed by atoms with Crippen molar-refractivity contribution in [1.82, 2.24) is 5.32 Å². The predicted molar refractivity (Wildman–Crippen MR) is 278 cm³/mol. The fraction of sp³-hybridized carbons (Fsp3) is 0.862. The Kier molecular flexibility index (Phi) is 50.5. The van der Waals surface area contributed by atoms with Crippen LogP contribution in [0.5, 0.6) is 0 Å². The molecule has 0 aromatic rings. The summed E-state index contributed by atoms with van der Waals surface area (Å²) in [7, 11) is 0. The molecule has 1 amide bonds. The van der Waals surface area contributed by atoms with Crippen molar-refractivity contribution in [3.8, 4) is 0 Å². The van der Waals surface area contributed by atoms with Crippen LogP contribution in [0.3, 0.4) is 0 Å².